The molecule has 41 heavy (non-hydrogen) atoms. The predicted octanol–water partition coefficient (Wildman–Crippen LogP) is 7.19. The SMILES string of the molecule is CC(C)NCCC1CC(CCNC(=O)c2ccc(Cl)c(Cl)c2)CCN(CC(c2ccccc2)c2ccccc2)C1=O. The van der Waals surface area contributed by atoms with E-state index in [-0.39, 0.29) is 23.7 Å². The van der Waals surface area contributed by atoms with Crippen LogP contribution >= 0.6 is 23.2 Å². The molecule has 3 aromatic carbocycles. The first kappa shape index (κ1) is 31.1. The van der Waals surface area contributed by atoms with Crippen molar-refractivity contribution in [3.05, 3.63) is 106 Å². The fourth-order valence-electron chi connectivity index (χ4n) is 5.68. The number of hydrogen-bond donors (Lipinski definition) is 2. The Kier molecular flexibility index (Phi) is 11.7. The Morgan fingerprint density at radius 1 is 0.902 bits per heavy atom. The molecular formula is C34H41Cl2N3O2. The zero-order valence-corrected chi connectivity index (χ0v) is 25.5. The van der Waals surface area contributed by atoms with Gasteiger partial charge in [-0.05, 0) is 67.5 Å². The standard InChI is InChI=1S/C34H41Cl2N3O2/c1-24(2)37-19-16-29-21-25(15-18-38-33(40)28-13-14-31(35)32(36)22-28)17-20-39(34(29)41)23-30(26-9-5-3-6-10-26)27-11-7-4-8-12-27/h3-14,22,24-25,29-30,37H,15-21,23H2,1-2H3,(H,38,40). The van der Waals surface area contributed by atoms with Crippen molar-refractivity contribution in [1.82, 2.24) is 15.5 Å². The summed E-state index contributed by atoms with van der Waals surface area (Å²) in [6.07, 6.45) is 3.38. The molecule has 1 aliphatic heterocycles. The molecule has 4 rings (SSSR count). The molecule has 2 amide bonds. The second-order valence-corrected chi connectivity index (χ2v) is 12.1. The minimum absolute atomic E-state index is 0.0493. The predicted molar refractivity (Wildman–Crippen MR) is 169 cm³/mol. The number of likely N-dealkylation sites (tertiary alicyclic amines) is 1. The molecular weight excluding hydrogens is 553 g/mol. The maximum atomic E-state index is 14.0. The van der Waals surface area contributed by atoms with Gasteiger partial charge in [-0.3, -0.25) is 9.59 Å². The van der Waals surface area contributed by atoms with E-state index < -0.39 is 0 Å². The first-order valence-corrected chi connectivity index (χ1v) is 15.4. The van der Waals surface area contributed by atoms with Crippen molar-refractivity contribution in [2.24, 2.45) is 11.8 Å². The molecule has 1 saturated heterocycles. The van der Waals surface area contributed by atoms with Gasteiger partial charge in [0.2, 0.25) is 5.91 Å². The van der Waals surface area contributed by atoms with Crippen LogP contribution in [-0.2, 0) is 4.79 Å². The highest BCUT2D eigenvalue weighted by atomic mass is 35.5. The number of carbonyl (C=O) groups excluding carboxylic acids is 2. The van der Waals surface area contributed by atoms with Crippen LogP contribution in [-0.4, -0.2) is 48.9 Å². The van der Waals surface area contributed by atoms with E-state index in [1.54, 1.807) is 18.2 Å². The average molecular weight is 595 g/mol. The minimum atomic E-state index is -0.166. The van der Waals surface area contributed by atoms with E-state index in [1.165, 1.54) is 11.1 Å². The Morgan fingerprint density at radius 2 is 1.56 bits per heavy atom. The van der Waals surface area contributed by atoms with E-state index in [1.807, 2.05) is 12.1 Å². The van der Waals surface area contributed by atoms with Crippen LogP contribution in [0.15, 0.2) is 78.9 Å². The van der Waals surface area contributed by atoms with Gasteiger partial charge in [0.1, 0.15) is 0 Å². The Balaban J connectivity index is 1.45. The van der Waals surface area contributed by atoms with Crippen LogP contribution in [0.25, 0.3) is 0 Å². The van der Waals surface area contributed by atoms with Gasteiger partial charge in [-0.1, -0.05) is 97.7 Å². The Morgan fingerprint density at radius 3 is 2.17 bits per heavy atom. The van der Waals surface area contributed by atoms with Gasteiger partial charge < -0.3 is 15.5 Å². The Bertz CT molecular complexity index is 1230. The van der Waals surface area contributed by atoms with Crippen LogP contribution in [0.4, 0.5) is 0 Å². The summed E-state index contributed by atoms with van der Waals surface area (Å²) in [4.78, 5) is 28.8. The summed E-state index contributed by atoms with van der Waals surface area (Å²) in [5.74, 6) is 0.481. The van der Waals surface area contributed by atoms with Crippen molar-refractivity contribution < 1.29 is 9.59 Å². The summed E-state index contributed by atoms with van der Waals surface area (Å²) in [6, 6.07) is 26.2. The molecule has 0 radical (unpaired) electrons. The lowest BCUT2D eigenvalue weighted by molar-refractivity contribution is -0.135. The summed E-state index contributed by atoms with van der Waals surface area (Å²) in [5, 5.41) is 7.32. The summed E-state index contributed by atoms with van der Waals surface area (Å²) in [7, 11) is 0. The summed E-state index contributed by atoms with van der Waals surface area (Å²) < 4.78 is 0. The molecule has 2 unspecified atom stereocenters. The monoisotopic (exact) mass is 593 g/mol. The molecule has 1 heterocycles. The maximum absolute atomic E-state index is 14.0. The first-order valence-electron chi connectivity index (χ1n) is 14.7. The van der Waals surface area contributed by atoms with Crippen LogP contribution in [0.3, 0.4) is 0 Å². The van der Waals surface area contributed by atoms with Crippen LogP contribution < -0.4 is 10.6 Å². The third-order valence-electron chi connectivity index (χ3n) is 7.96. The van der Waals surface area contributed by atoms with Crippen molar-refractivity contribution in [2.45, 2.75) is 51.5 Å². The van der Waals surface area contributed by atoms with Crippen LogP contribution in [0.2, 0.25) is 10.0 Å². The molecule has 0 aliphatic carbocycles. The van der Waals surface area contributed by atoms with E-state index in [9.17, 15) is 9.59 Å². The highest BCUT2D eigenvalue weighted by Crippen LogP contribution is 2.32. The third kappa shape index (κ3) is 9.06. The number of halogens is 2. The van der Waals surface area contributed by atoms with E-state index in [0.717, 1.165) is 32.2 Å². The van der Waals surface area contributed by atoms with Crippen molar-refractivity contribution in [3.8, 4) is 0 Å². The second kappa shape index (κ2) is 15.4. The van der Waals surface area contributed by atoms with Crippen molar-refractivity contribution in [1.29, 1.82) is 0 Å². The van der Waals surface area contributed by atoms with E-state index in [0.29, 0.717) is 47.2 Å². The third-order valence-corrected chi connectivity index (χ3v) is 8.70. The van der Waals surface area contributed by atoms with Crippen molar-refractivity contribution in [3.63, 3.8) is 0 Å². The van der Waals surface area contributed by atoms with Gasteiger partial charge in [0.15, 0.2) is 0 Å². The smallest absolute Gasteiger partial charge is 0.251 e. The highest BCUT2D eigenvalue weighted by molar-refractivity contribution is 6.42. The molecule has 0 bridgehead atoms. The minimum Gasteiger partial charge on any atom is -0.352 e. The van der Waals surface area contributed by atoms with Gasteiger partial charge >= 0.3 is 0 Å². The lowest BCUT2D eigenvalue weighted by atomic mass is 9.88. The van der Waals surface area contributed by atoms with Gasteiger partial charge in [0.05, 0.1) is 10.0 Å². The van der Waals surface area contributed by atoms with Gasteiger partial charge in [-0.25, -0.2) is 0 Å². The Labute approximate surface area is 254 Å². The molecule has 5 nitrogen and oxygen atoms in total. The molecule has 2 atom stereocenters. The molecule has 0 spiro atoms. The lowest BCUT2D eigenvalue weighted by Crippen LogP contribution is -2.39. The zero-order chi connectivity index (χ0) is 29.2. The second-order valence-electron chi connectivity index (χ2n) is 11.3. The maximum Gasteiger partial charge on any atom is 0.251 e. The highest BCUT2D eigenvalue weighted by Gasteiger charge is 2.32. The van der Waals surface area contributed by atoms with Crippen LogP contribution in [0.5, 0.6) is 0 Å². The Hall–Kier alpha value is -2.86. The number of benzene rings is 3. The number of hydrogen-bond acceptors (Lipinski definition) is 3. The first-order chi connectivity index (χ1) is 19.8. The number of amides is 2. The molecule has 1 fully saturated rings. The van der Waals surface area contributed by atoms with E-state index in [4.69, 9.17) is 23.2 Å². The zero-order valence-electron chi connectivity index (χ0n) is 24.0. The summed E-state index contributed by atoms with van der Waals surface area (Å²) >= 11 is 12.1. The topological polar surface area (TPSA) is 61.4 Å². The van der Waals surface area contributed by atoms with Gasteiger partial charge in [-0.2, -0.15) is 0 Å². The largest absolute Gasteiger partial charge is 0.352 e. The quantitative estimate of drug-likeness (QED) is 0.233. The molecule has 218 valence electrons. The van der Waals surface area contributed by atoms with E-state index >= 15 is 0 Å². The lowest BCUT2D eigenvalue weighted by Gasteiger charge is -2.29. The fraction of sp³-hybridized carbons (Fsp3) is 0.412. The molecule has 0 saturated carbocycles. The van der Waals surface area contributed by atoms with Gasteiger partial charge in [0, 0.05) is 43.1 Å². The number of nitrogens with zero attached hydrogens (tertiary/aromatic N) is 1. The van der Waals surface area contributed by atoms with Crippen molar-refractivity contribution >= 4 is 35.0 Å². The normalized spacial score (nSPS) is 17.6. The van der Waals surface area contributed by atoms with E-state index in [2.05, 4.69) is 77.9 Å². The average Bonchev–Trinajstić information content (AvgIpc) is 3.12. The number of rotatable bonds is 12. The van der Waals surface area contributed by atoms with Crippen molar-refractivity contribution in [2.75, 3.05) is 26.2 Å². The van der Waals surface area contributed by atoms with Crippen LogP contribution in [0, 0.1) is 11.8 Å². The number of carbonyl (C=O) groups is 2. The fourth-order valence-corrected chi connectivity index (χ4v) is 5.98. The molecule has 0 aromatic heterocycles. The molecule has 7 heteroatoms. The van der Waals surface area contributed by atoms with Gasteiger partial charge in [0.25, 0.3) is 5.91 Å². The summed E-state index contributed by atoms with van der Waals surface area (Å²) in [6.45, 7) is 6.99. The molecule has 1 aliphatic rings. The van der Waals surface area contributed by atoms with Crippen LogP contribution in [0.1, 0.15) is 66.9 Å². The van der Waals surface area contributed by atoms with Gasteiger partial charge in [-0.15, -0.1) is 0 Å². The summed E-state index contributed by atoms with van der Waals surface area (Å²) in [5.41, 5.74) is 2.93. The molecule has 3 aromatic rings. The number of nitrogens with one attached hydrogen (secondary N) is 2. The molecule has 2 N–H and O–H groups in total.